The van der Waals surface area contributed by atoms with Gasteiger partial charge in [0.1, 0.15) is 5.82 Å². The molecular weight excluding hydrogens is 271 g/mol. The highest BCUT2D eigenvalue weighted by molar-refractivity contribution is 5.73. The predicted octanol–water partition coefficient (Wildman–Crippen LogP) is 2.36. The zero-order valence-electron chi connectivity index (χ0n) is 11.4. The molecule has 0 saturated heterocycles. The van der Waals surface area contributed by atoms with Gasteiger partial charge in [-0.1, -0.05) is 42.5 Å². The average molecular weight is 288 g/mol. The highest BCUT2D eigenvalue weighted by Gasteiger charge is 2.09. The van der Waals surface area contributed by atoms with Crippen molar-refractivity contribution < 1.29 is 14.3 Å². The van der Waals surface area contributed by atoms with Crippen molar-refractivity contribution in [2.45, 2.75) is 12.6 Å². The van der Waals surface area contributed by atoms with Crippen LogP contribution in [0, 0.1) is 5.82 Å². The van der Waals surface area contributed by atoms with E-state index in [1.165, 1.54) is 18.2 Å². The standard InChI is InChI=1S/C16H17FN2O2/c17-14-8-4-7-13(9-14)15(20)11-19-16(21)18-10-12-5-2-1-3-6-12/h1-9,15,20H,10-11H2,(H2,18,19,21)/t15-/m1/s1. The first-order valence-corrected chi connectivity index (χ1v) is 6.64. The molecule has 1 atom stereocenters. The van der Waals surface area contributed by atoms with Crippen LogP contribution in [-0.4, -0.2) is 17.7 Å². The lowest BCUT2D eigenvalue weighted by Crippen LogP contribution is -2.37. The van der Waals surface area contributed by atoms with E-state index in [1.807, 2.05) is 30.3 Å². The van der Waals surface area contributed by atoms with E-state index >= 15 is 0 Å². The average Bonchev–Trinajstić information content (AvgIpc) is 2.51. The molecule has 0 unspecified atom stereocenters. The molecule has 2 aromatic carbocycles. The van der Waals surface area contributed by atoms with Crippen LogP contribution < -0.4 is 10.6 Å². The van der Waals surface area contributed by atoms with Gasteiger partial charge in [-0.15, -0.1) is 0 Å². The smallest absolute Gasteiger partial charge is 0.315 e. The first-order chi connectivity index (χ1) is 10.1. The fraction of sp³-hybridized carbons (Fsp3) is 0.188. The Morgan fingerprint density at radius 3 is 2.57 bits per heavy atom. The summed E-state index contributed by atoms with van der Waals surface area (Å²) in [4.78, 5) is 11.6. The molecule has 0 bridgehead atoms. The topological polar surface area (TPSA) is 61.4 Å². The minimum atomic E-state index is -0.942. The summed E-state index contributed by atoms with van der Waals surface area (Å²) in [7, 11) is 0. The van der Waals surface area contributed by atoms with Crippen LogP contribution in [0.5, 0.6) is 0 Å². The van der Waals surface area contributed by atoms with E-state index in [4.69, 9.17) is 0 Å². The first kappa shape index (κ1) is 15.0. The lowest BCUT2D eigenvalue weighted by molar-refractivity contribution is 0.172. The highest BCUT2D eigenvalue weighted by atomic mass is 19.1. The molecule has 0 aliphatic rings. The highest BCUT2D eigenvalue weighted by Crippen LogP contribution is 2.12. The summed E-state index contributed by atoms with van der Waals surface area (Å²) in [5.41, 5.74) is 1.41. The van der Waals surface area contributed by atoms with Gasteiger partial charge in [-0.25, -0.2) is 9.18 Å². The molecule has 0 saturated carbocycles. The summed E-state index contributed by atoms with van der Waals surface area (Å²) in [6, 6.07) is 14.8. The lowest BCUT2D eigenvalue weighted by Gasteiger charge is -2.13. The number of benzene rings is 2. The number of carbonyl (C=O) groups is 1. The van der Waals surface area contributed by atoms with Gasteiger partial charge in [-0.3, -0.25) is 0 Å². The molecule has 0 fully saturated rings. The Labute approximate surface area is 122 Å². The number of rotatable bonds is 5. The van der Waals surface area contributed by atoms with Crippen LogP contribution in [0.15, 0.2) is 54.6 Å². The van der Waals surface area contributed by atoms with Crippen molar-refractivity contribution in [3.05, 3.63) is 71.5 Å². The molecule has 0 aromatic heterocycles. The Kier molecular flexibility index (Phi) is 5.29. The van der Waals surface area contributed by atoms with Gasteiger partial charge in [0, 0.05) is 13.1 Å². The van der Waals surface area contributed by atoms with Crippen LogP contribution in [0.4, 0.5) is 9.18 Å². The van der Waals surface area contributed by atoms with E-state index in [2.05, 4.69) is 10.6 Å². The summed E-state index contributed by atoms with van der Waals surface area (Å²) in [5.74, 6) is -0.417. The number of amides is 2. The number of carbonyl (C=O) groups excluding carboxylic acids is 1. The van der Waals surface area contributed by atoms with Gasteiger partial charge < -0.3 is 15.7 Å². The molecule has 4 nitrogen and oxygen atoms in total. The quantitative estimate of drug-likeness (QED) is 0.791. The van der Waals surface area contributed by atoms with E-state index in [0.29, 0.717) is 12.1 Å². The molecule has 3 N–H and O–H groups in total. The van der Waals surface area contributed by atoms with Crippen LogP contribution in [0.3, 0.4) is 0 Å². The van der Waals surface area contributed by atoms with Crippen molar-refractivity contribution in [1.29, 1.82) is 0 Å². The Balaban J connectivity index is 1.76. The molecule has 0 aliphatic carbocycles. The second kappa shape index (κ2) is 7.40. The number of aliphatic hydroxyl groups excluding tert-OH is 1. The van der Waals surface area contributed by atoms with E-state index in [1.54, 1.807) is 6.07 Å². The van der Waals surface area contributed by atoms with E-state index in [9.17, 15) is 14.3 Å². The third-order valence-electron chi connectivity index (χ3n) is 2.99. The fourth-order valence-electron chi connectivity index (χ4n) is 1.86. The van der Waals surface area contributed by atoms with E-state index < -0.39 is 11.9 Å². The maximum absolute atomic E-state index is 13.0. The minimum absolute atomic E-state index is 0.0179. The molecule has 21 heavy (non-hydrogen) atoms. The molecule has 0 aliphatic heterocycles. The SMILES string of the molecule is O=C(NCc1ccccc1)NC[C@@H](O)c1cccc(F)c1. The second-order valence-corrected chi connectivity index (χ2v) is 4.62. The number of hydrogen-bond donors (Lipinski definition) is 3. The summed E-state index contributed by atoms with van der Waals surface area (Å²) in [5, 5.41) is 15.1. The Bertz CT molecular complexity index is 590. The van der Waals surface area contributed by atoms with Crippen molar-refractivity contribution in [2.24, 2.45) is 0 Å². The molecule has 2 rings (SSSR count). The van der Waals surface area contributed by atoms with Crippen LogP contribution in [0.25, 0.3) is 0 Å². The Morgan fingerprint density at radius 2 is 1.86 bits per heavy atom. The van der Waals surface area contributed by atoms with Crippen molar-refractivity contribution in [3.8, 4) is 0 Å². The van der Waals surface area contributed by atoms with Gasteiger partial charge in [0.05, 0.1) is 6.10 Å². The molecule has 2 amide bonds. The summed E-state index contributed by atoms with van der Waals surface area (Å²) < 4.78 is 13.0. The van der Waals surface area contributed by atoms with Crippen molar-refractivity contribution in [3.63, 3.8) is 0 Å². The number of halogens is 1. The number of hydrogen-bond acceptors (Lipinski definition) is 2. The fourth-order valence-corrected chi connectivity index (χ4v) is 1.86. The lowest BCUT2D eigenvalue weighted by atomic mass is 10.1. The normalized spacial score (nSPS) is 11.7. The Hall–Kier alpha value is -2.40. The van der Waals surface area contributed by atoms with Gasteiger partial charge in [-0.2, -0.15) is 0 Å². The molecule has 5 heteroatoms. The zero-order chi connectivity index (χ0) is 15.1. The van der Waals surface area contributed by atoms with Crippen LogP contribution in [0.1, 0.15) is 17.2 Å². The van der Waals surface area contributed by atoms with Crippen molar-refractivity contribution in [2.75, 3.05) is 6.54 Å². The minimum Gasteiger partial charge on any atom is -0.387 e. The zero-order valence-corrected chi connectivity index (χ0v) is 11.4. The molecule has 0 spiro atoms. The van der Waals surface area contributed by atoms with Crippen LogP contribution in [-0.2, 0) is 6.54 Å². The Morgan fingerprint density at radius 1 is 1.10 bits per heavy atom. The predicted molar refractivity (Wildman–Crippen MR) is 78.0 cm³/mol. The van der Waals surface area contributed by atoms with Crippen molar-refractivity contribution >= 4 is 6.03 Å². The van der Waals surface area contributed by atoms with E-state index in [0.717, 1.165) is 5.56 Å². The molecular formula is C16H17FN2O2. The third-order valence-corrected chi connectivity index (χ3v) is 2.99. The summed E-state index contributed by atoms with van der Waals surface area (Å²) in [6.07, 6.45) is -0.942. The van der Waals surface area contributed by atoms with Gasteiger partial charge in [-0.05, 0) is 23.3 Å². The van der Waals surface area contributed by atoms with Crippen molar-refractivity contribution in [1.82, 2.24) is 10.6 Å². The molecule has 0 heterocycles. The van der Waals surface area contributed by atoms with Crippen LogP contribution >= 0.6 is 0 Å². The van der Waals surface area contributed by atoms with E-state index in [-0.39, 0.29) is 12.6 Å². The molecule has 110 valence electrons. The third kappa shape index (κ3) is 4.89. The largest absolute Gasteiger partial charge is 0.387 e. The number of nitrogens with one attached hydrogen (secondary N) is 2. The monoisotopic (exact) mass is 288 g/mol. The summed E-state index contributed by atoms with van der Waals surface area (Å²) >= 11 is 0. The second-order valence-electron chi connectivity index (χ2n) is 4.62. The first-order valence-electron chi connectivity index (χ1n) is 6.64. The van der Waals surface area contributed by atoms with Crippen LogP contribution in [0.2, 0.25) is 0 Å². The maximum atomic E-state index is 13.0. The number of aliphatic hydroxyl groups is 1. The molecule has 0 radical (unpaired) electrons. The summed E-state index contributed by atoms with van der Waals surface area (Å²) in [6.45, 7) is 0.423. The van der Waals surface area contributed by atoms with Gasteiger partial charge in [0.2, 0.25) is 0 Å². The number of urea groups is 1. The van der Waals surface area contributed by atoms with Gasteiger partial charge >= 0.3 is 6.03 Å². The molecule has 2 aromatic rings. The van der Waals surface area contributed by atoms with Gasteiger partial charge in [0.25, 0.3) is 0 Å². The van der Waals surface area contributed by atoms with Gasteiger partial charge in [0.15, 0.2) is 0 Å². The maximum Gasteiger partial charge on any atom is 0.315 e.